The van der Waals surface area contributed by atoms with E-state index in [9.17, 15) is 4.79 Å². The number of fused-ring (bicyclic) bond motifs is 12. The largest absolute Gasteiger partial charge is 0.278 e. The van der Waals surface area contributed by atoms with Gasteiger partial charge in [-0.25, -0.2) is 9.97 Å². The first-order chi connectivity index (χ1) is 22.8. The van der Waals surface area contributed by atoms with E-state index in [2.05, 4.69) is 83.4 Å². The lowest BCUT2D eigenvalue weighted by molar-refractivity contribution is 1.01. The van der Waals surface area contributed by atoms with Crippen LogP contribution >= 0.6 is 0 Å². The third kappa shape index (κ3) is 3.37. The second kappa shape index (κ2) is 9.34. The van der Waals surface area contributed by atoms with Gasteiger partial charge in [0.1, 0.15) is 0 Å². The van der Waals surface area contributed by atoms with Crippen LogP contribution in [0, 0.1) is 0 Å². The van der Waals surface area contributed by atoms with Gasteiger partial charge in [0, 0.05) is 32.5 Å². The molecule has 0 aliphatic rings. The molecule has 0 aliphatic carbocycles. The fraction of sp³-hybridized carbons (Fsp3) is 0. The van der Waals surface area contributed by atoms with Gasteiger partial charge in [0.2, 0.25) is 5.95 Å². The number of hydrogen-bond donors (Lipinski definition) is 0. The maximum atomic E-state index is 14.8. The average molecular weight is 589 g/mol. The van der Waals surface area contributed by atoms with Crippen LogP contribution in [0.25, 0.3) is 87.9 Å². The summed E-state index contributed by atoms with van der Waals surface area (Å²) in [5, 5.41) is 7.86. The van der Waals surface area contributed by atoms with Crippen molar-refractivity contribution in [2.24, 2.45) is 0 Å². The highest BCUT2D eigenvalue weighted by molar-refractivity contribution is 6.16. The zero-order valence-corrected chi connectivity index (χ0v) is 24.6. The molecule has 10 rings (SSSR count). The molecule has 10 aromatic rings. The lowest BCUT2D eigenvalue weighted by Crippen LogP contribution is -2.15. The van der Waals surface area contributed by atoms with E-state index < -0.39 is 0 Å². The van der Waals surface area contributed by atoms with Gasteiger partial charge >= 0.3 is 0 Å². The number of hydrogen-bond acceptors (Lipinski definition) is 3. The zero-order valence-electron chi connectivity index (χ0n) is 24.6. The Kier molecular flexibility index (Phi) is 5.08. The summed E-state index contributed by atoms with van der Waals surface area (Å²) in [7, 11) is 0. The van der Waals surface area contributed by atoms with Crippen LogP contribution in [-0.2, 0) is 0 Å². The third-order valence-electron chi connectivity index (χ3n) is 9.31. The van der Waals surface area contributed by atoms with Crippen LogP contribution in [0.4, 0.5) is 0 Å². The maximum Gasteiger partial charge on any atom is 0.265 e. The molecule has 6 aromatic carbocycles. The molecule has 4 heterocycles. The predicted octanol–water partition coefficient (Wildman–Crippen LogP) is 9.47. The fourth-order valence-electron chi connectivity index (χ4n) is 7.29. The van der Waals surface area contributed by atoms with E-state index in [1.165, 1.54) is 0 Å². The van der Waals surface area contributed by atoms with Gasteiger partial charge in [0.25, 0.3) is 5.56 Å². The quantitative estimate of drug-likeness (QED) is 0.189. The van der Waals surface area contributed by atoms with Crippen molar-refractivity contribution in [2.75, 3.05) is 0 Å². The number of aromatic nitrogens is 4. The highest BCUT2D eigenvalue weighted by Gasteiger charge is 2.22. The van der Waals surface area contributed by atoms with Crippen LogP contribution in [0.5, 0.6) is 0 Å². The van der Waals surface area contributed by atoms with Crippen molar-refractivity contribution in [3.63, 3.8) is 0 Å². The van der Waals surface area contributed by atoms with Gasteiger partial charge in [0.15, 0.2) is 0 Å². The Morgan fingerprint density at radius 3 is 1.89 bits per heavy atom. The van der Waals surface area contributed by atoms with Crippen LogP contribution in [0.3, 0.4) is 0 Å². The summed E-state index contributed by atoms with van der Waals surface area (Å²) in [4.78, 5) is 25.4. The molecule has 0 radical (unpaired) electrons. The summed E-state index contributed by atoms with van der Waals surface area (Å²) in [6.45, 7) is 0. The summed E-state index contributed by atoms with van der Waals surface area (Å²) in [5.41, 5.74) is 6.09. The Morgan fingerprint density at radius 2 is 1.09 bits per heavy atom. The van der Waals surface area contributed by atoms with Crippen LogP contribution in [0.15, 0.2) is 150 Å². The Bertz CT molecular complexity index is 2940. The molecule has 0 fully saturated rings. The lowest BCUT2D eigenvalue weighted by Gasteiger charge is -2.14. The van der Waals surface area contributed by atoms with E-state index in [1.807, 2.05) is 71.1 Å². The number of pyridine rings is 2. The number of benzene rings is 6. The molecule has 0 amide bonds. The van der Waals surface area contributed by atoms with Crippen LogP contribution in [0.2, 0.25) is 0 Å². The maximum absolute atomic E-state index is 14.8. The molecule has 5 heteroatoms. The lowest BCUT2D eigenvalue weighted by atomic mass is 10.0. The van der Waals surface area contributed by atoms with Gasteiger partial charge in [-0.2, -0.15) is 0 Å². The summed E-state index contributed by atoms with van der Waals surface area (Å²) in [6.07, 6.45) is 0. The number of para-hydroxylation sites is 2. The zero-order chi connectivity index (χ0) is 30.4. The Balaban J connectivity index is 1.43. The molecule has 5 nitrogen and oxygen atoms in total. The van der Waals surface area contributed by atoms with E-state index >= 15 is 0 Å². The molecule has 4 aromatic heterocycles. The van der Waals surface area contributed by atoms with E-state index in [0.717, 1.165) is 76.5 Å². The van der Waals surface area contributed by atoms with Gasteiger partial charge in [-0.1, -0.05) is 121 Å². The topological polar surface area (TPSA) is 52.2 Å². The summed E-state index contributed by atoms with van der Waals surface area (Å²) < 4.78 is 3.95. The highest BCUT2D eigenvalue weighted by Crippen LogP contribution is 2.37. The molecular formula is C41H24N4O. The molecule has 0 spiro atoms. The van der Waals surface area contributed by atoms with Crippen LogP contribution in [-0.4, -0.2) is 18.9 Å². The Labute approximate surface area is 262 Å². The molecule has 214 valence electrons. The van der Waals surface area contributed by atoms with Gasteiger partial charge < -0.3 is 0 Å². The van der Waals surface area contributed by atoms with Gasteiger partial charge in [-0.05, 0) is 35.0 Å². The van der Waals surface area contributed by atoms with Crippen molar-refractivity contribution in [2.45, 2.75) is 0 Å². The molecule has 46 heavy (non-hydrogen) atoms. The molecule has 0 atom stereocenters. The summed E-state index contributed by atoms with van der Waals surface area (Å²) in [6, 6.07) is 49.5. The van der Waals surface area contributed by atoms with Gasteiger partial charge in [-0.15, -0.1) is 0 Å². The minimum atomic E-state index is -0.0566. The van der Waals surface area contributed by atoms with E-state index in [1.54, 1.807) is 0 Å². The Morgan fingerprint density at radius 1 is 0.457 bits per heavy atom. The summed E-state index contributed by atoms with van der Waals surface area (Å²) >= 11 is 0. The van der Waals surface area contributed by atoms with E-state index in [0.29, 0.717) is 11.3 Å². The smallest absolute Gasteiger partial charge is 0.265 e. The van der Waals surface area contributed by atoms with Crippen molar-refractivity contribution >= 4 is 70.7 Å². The molecule has 0 saturated carbocycles. The first-order valence-corrected chi connectivity index (χ1v) is 15.4. The van der Waals surface area contributed by atoms with Gasteiger partial charge in [0.05, 0.1) is 38.7 Å². The molecule has 0 unspecified atom stereocenters. The first kappa shape index (κ1) is 25.0. The SMILES string of the molecule is O=c1c2c3ccccc3n(-c3nc(-c4ccccc4)c4ccc5ccccc5c4n3)c2cc2c3ccccc3c3ccccc3n12. The van der Waals surface area contributed by atoms with Crippen molar-refractivity contribution in [3.05, 3.63) is 156 Å². The second-order valence-corrected chi connectivity index (χ2v) is 11.8. The third-order valence-corrected chi connectivity index (χ3v) is 9.31. The number of nitrogens with zero attached hydrogens (tertiary/aromatic N) is 4. The summed E-state index contributed by atoms with van der Waals surface area (Å²) in [5.74, 6) is 0.530. The molecular weight excluding hydrogens is 564 g/mol. The molecule has 0 saturated heterocycles. The number of rotatable bonds is 2. The van der Waals surface area contributed by atoms with E-state index in [4.69, 9.17) is 9.97 Å². The predicted molar refractivity (Wildman–Crippen MR) is 189 cm³/mol. The highest BCUT2D eigenvalue weighted by atomic mass is 16.1. The average Bonchev–Trinajstić information content (AvgIpc) is 3.46. The van der Waals surface area contributed by atoms with E-state index in [-0.39, 0.29) is 5.56 Å². The monoisotopic (exact) mass is 588 g/mol. The van der Waals surface area contributed by atoms with Crippen molar-refractivity contribution in [1.82, 2.24) is 18.9 Å². The van der Waals surface area contributed by atoms with Gasteiger partial charge in [-0.3, -0.25) is 13.8 Å². The molecule has 0 aliphatic heterocycles. The van der Waals surface area contributed by atoms with Crippen LogP contribution in [0.1, 0.15) is 0 Å². The van der Waals surface area contributed by atoms with Crippen molar-refractivity contribution in [1.29, 1.82) is 0 Å². The fourth-order valence-corrected chi connectivity index (χ4v) is 7.29. The van der Waals surface area contributed by atoms with Crippen molar-refractivity contribution in [3.8, 4) is 17.2 Å². The van der Waals surface area contributed by atoms with Crippen molar-refractivity contribution < 1.29 is 0 Å². The minimum Gasteiger partial charge on any atom is -0.278 e. The first-order valence-electron chi connectivity index (χ1n) is 15.4. The minimum absolute atomic E-state index is 0.0566. The standard InChI is InChI=1S/C41H24N4O/c46-40-37-31-19-9-11-21-34(31)45(36(37)24-35-30-18-7-6-16-28(30)29-17-8-10-20-33(29)44(35)40)41-42-38(26-13-2-1-3-14-26)32-23-22-25-12-4-5-15-27(25)39(32)43-41/h1-24H. The second-order valence-electron chi connectivity index (χ2n) is 11.8. The Hall–Kier alpha value is -6.33. The molecule has 0 bridgehead atoms. The van der Waals surface area contributed by atoms with Crippen LogP contribution < -0.4 is 5.56 Å². The molecule has 0 N–H and O–H groups in total. The normalized spacial score (nSPS) is 12.0.